The molecule has 0 aromatic heterocycles. The Morgan fingerprint density at radius 2 is 1.74 bits per heavy atom. The number of nitrogens with zero attached hydrogens (tertiary/aromatic N) is 1. The first-order valence-corrected chi connectivity index (χ1v) is 9.96. The van der Waals surface area contributed by atoms with Gasteiger partial charge in [0.1, 0.15) is 5.75 Å². The molecule has 0 spiro atoms. The second-order valence-corrected chi connectivity index (χ2v) is 7.87. The van der Waals surface area contributed by atoms with Gasteiger partial charge in [0.2, 0.25) is 0 Å². The number of hydrogen-bond acceptors (Lipinski definition) is 6. The Morgan fingerprint density at radius 3 is 2.26 bits per heavy atom. The van der Waals surface area contributed by atoms with Gasteiger partial charge in [-0.05, 0) is 36.8 Å². The monoisotopic (exact) mass is 387 g/mol. The predicted octanol–water partition coefficient (Wildman–Crippen LogP) is 3.10. The number of methoxy groups -OCH3 is 1. The fourth-order valence-corrected chi connectivity index (χ4v) is 4.44. The molecule has 0 aliphatic rings. The summed E-state index contributed by atoms with van der Waals surface area (Å²) in [6, 6.07) is 16.3. The molecule has 2 atom stereocenters. The van der Waals surface area contributed by atoms with Gasteiger partial charge < -0.3 is 9.47 Å². The number of carbonyl (C=O) groups is 1. The summed E-state index contributed by atoms with van der Waals surface area (Å²) < 4.78 is 36.2. The van der Waals surface area contributed by atoms with E-state index < -0.39 is 27.0 Å². The minimum Gasteiger partial charge on any atom is -0.497 e. The standard InChI is InChI=1S/C20H21NO5S/c1-3-26-20(22)13-18(15-9-11-16(25-2)12-10-15)19(14-21)27(23,24)17-7-5-4-6-8-17/h4-12,18-19H,3,13H2,1-2H3/t18-,19-/m0/s1. The number of esters is 1. The lowest BCUT2D eigenvalue weighted by Gasteiger charge is -2.22. The van der Waals surface area contributed by atoms with Crippen LogP contribution in [0.4, 0.5) is 0 Å². The van der Waals surface area contributed by atoms with Gasteiger partial charge in [-0.3, -0.25) is 4.79 Å². The molecule has 6 nitrogen and oxygen atoms in total. The highest BCUT2D eigenvalue weighted by Gasteiger charge is 2.37. The molecule has 0 radical (unpaired) electrons. The maximum absolute atomic E-state index is 13.0. The summed E-state index contributed by atoms with van der Waals surface area (Å²) in [5.74, 6) is -0.833. The number of ether oxygens (including phenoxy) is 2. The Labute approximate surface area is 159 Å². The fraction of sp³-hybridized carbons (Fsp3) is 0.300. The van der Waals surface area contributed by atoms with Gasteiger partial charge in [-0.25, -0.2) is 8.42 Å². The van der Waals surface area contributed by atoms with Crippen LogP contribution in [0.25, 0.3) is 0 Å². The minimum absolute atomic E-state index is 0.0407. The third-order valence-electron chi connectivity index (χ3n) is 4.13. The highest BCUT2D eigenvalue weighted by atomic mass is 32.2. The molecule has 142 valence electrons. The van der Waals surface area contributed by atoms with Crippen LogP contribution in [0.5, 0.6) is 5.75 Å². The lowest BCUT2D eigenvalue weighted by molar-refractivity contribution is -0.143. The summed E-state index contributed by atoms with van der Waals surface area (Å²) in [4.78, 5) is 12.1. The minimum atomic E-state index is -3.97. The van der Waals surface area contributed by atoms with E-state index in [1.54, 1.807) is 49.4 Å². The maximum atomic E-state index is 13.0. The van der Waals surface area contributed by atoms with Crippen LogP contribution in [-0.4, -0.2) is 33.4 Å². The highest BCUT2D eigenvalue weighted by Crippen LogP contribution is 2.32. The van der Waals surface area contributed by atoms with Crippen LogP contribution < -0.4 is 4.74 Å². The van der Waals surface area contributed by atoms with Crippen LogP contribution in [0.2, 0.25) is 0 Å². The summed E-state index contributed by atoms with van der Waals surface area (Å²) in [5, 5.41) is 8.26. The van der Waals surface area contributed by atoms with Gasteiger partial charge in [-0.15, -0.1) is 0 Å². The second kappa shape index (κ2) is 9.19. The van der Waals surface area contributed by atoms with E-state index in [1.807, 2.05) is 6.07 Å². The van der Waals surface area contributed by atoms with Crippen molar-refractivity contribution in [2.24, 2.45) is 0 Å². The van der Waals surface area contributed by atoms with Gasteiger partial charge >= 0.3 is 5.97 Å². The molecule has 0 aliphatic heterocycles. The molecule has 2 rings (SSSR count). The quantitative estimate of drug-likeness (QED) is 0.646. The summed E-state index contributed by atoms with van der Waals surface area (Å²) >= 11 is 0. The topological polar surface area (TPSA) is 93.5 Å². The number of benzene rings is 2. The van der Waals surface area contributed by atoms with E-state index in [0.717, 1.165) is 0 Å². The van der Waals surface area contributed by atoms with E-state index in [-0.39, 0.29) is 17.9 Å². The van der Waals surface area contributed by atoms with E-state index in [2.05, 4.69) is 0 Å². The first-order valence-electron chi connectivity index (χ1n) is 8.42. The lowest BCUT2D eigenvalue weighted by atomic mass is 9.92. The van der Waals surface area contributed by atoms with Crippen LogP contribution in [0, 0.1) is 11.3 Å². The third kappa shape index (κ3) is 4.86. The van der Waals surface area contributed by atoms with E-state index in [4.69, 9.17) is 9.47 Å². The first kappa shape index (κ1) is 20.5. The van der Waals surface area contributed by atoms with Crippen molar-refractivity contribution < 1.29 is 22.7 Å². The van der Waals surface area contributed by atoms with Crippen LogP contribution in [-0.2, 0) is 19.4 Å². The number of carbonyl (C=O) groups excluding carboxylic acids is 1. The molecule has 0 saturated carbocycles. The molecule has 0 heterocycles. The molecule has 27 heavy (non-hydrogen) atoms. The van der Waals surface area contributed by atoms with E-state index in [0.29, 0.717) is 11.3 Å². The zero-order valence-electron chi connectivity index (χ0n) is 15.2. The zero-order chi connectivity index (χ0) is 19.9. The first-order chi connectivity index (χ1) is 12.9. The van der Waals surface area contributed by atoms with E-state index >= 15 is 0 Å². The van der Waals surface area contributed by atoms with Crippen molar-refractivity contribution in [2.45, 2.75) is 29.4 Å². The lowest BCUT2D eigenvalue weighted by Crippen LogP contribution is -2.29. The van der Waals surface area contributed by atoms with Crippen molar-refractivity contribution in [3.8, 4) is 11.8 Å². The largest absolute Gasteiger partial charge is 0.497 e. The Balaban J connectivity index is 2.49. The van der Waals surface area contributed by atoms with Gasteiger partial charge in [0.05, 0.1) is 31.1 Å². The summed E-state index contributed by atoms with van der Waals surface area (Å²) in [7, 11) is -2.46. The smallest absolute Gasteiger partial charge is 0.306 e. The second-order valence-electron chi connectivity index (χ2n) is 5.80. The van der Waals surface area contributed by atoms with Crippen molar-refractivity contribution in [1.82, 2.24) is 0 Å². The van der Waals surface area contributed by atoms with Gasteiger partial charge in [-0.1, -0.05) is 30.3 Å². The molecular formula is C20H21NO5S. The molecule has 0 bridgehead atoms. The van der Waals surface area contributed by atoms with Crippen molar-refractivity contribution in [1.29, 1.82) is 5.26 Å². The van der Waals surface area contributed by atoms with Crippen LogP contribution in [0.1, 0.15) is 24.8 Å². The highest BCUT2D eigenvalue weighted by molar-refractivity contribution is 7.92. The van der Waals surface area contributed by atoms with Crippen molar-refractivity contribution >= 4 is 15.8 Å². The van der Waals surface area contributed by atoms with Crippen molar-refractivity contribution in [3.63, 3.8) is 0 Å². The van der Waals surface area contributed by atoms with Crippen LogP contribution in [0.3, 0.4) is 0 Å². The molecule has 0 aliphatic carbocycles. The van der Waals surface area contributed by atoms with Crippen molar-refractivity contribution in [3.05, 3.63) is 60.2 Å². The average molecular weight is 387 g/mol. The maximum Gasteiger partial charge on any atom is 0.306 e. The van der Waals surface area contributed by atoms with Crippen LogP contribution >= 0.6 is 0 Å². The molecular weight excluding hydrogens is 366 g/mol. The average Bonchev–Trinajstić information content (AvgIpc) is 2.68. The molecule has 0 N–H and O–H groups in total. The summed E-state index contributed by atoms with van der Waals surface area (Å²) in [5.41, 5.74) is 0.551. The Kier molecular flexibility index (Phi) is 6.97. The van der Waals surface area contributed by atoms with Gasteiger partial charge in [0.15, 0.2) is 15.1 Å². The normalized spacial score (nSPS) is 13.2. The molecule has 2 aromatic carbocycles. The molecule has 0 saturated heterocycles. The Hall–Kier alpha value is -2.85. The predicted molar refractivity (Wildman–Crippen MR) is 100 cm³/mol. The summed E-state index contributed by atoms with van der Waals surface area (Å²) in [6.45, 7) is 1.85. The third-order valence-corrected chi connectivity index (χ3v) is 6.17. The number of rotatable bonds is 8. The number of nitriles is 1. The number of hydrogen-bond donors (Lipinski definition) is 0. The molecule has 0 fully saturated rings. The Bertz CT molecular complexity index is 902. The molecule has 7 heteroatoms. The van der Waals surface area contributed by atoms with E-state index in [1.165, 1.54) is 19.2 Å². The molecule has 2 aromatic rings. The number of sulfone groups is 1. The zero-order valence-corrected chi connectivity index (χ0v) is 16.0. The van der Waals surface area contributed by atoms with Crippen LogP contribution in [0.15, 0.2) is 59.5 Å². The Morgan fingerprint density at radius 1 is 1.11 bits per heavy atom. The van der Waals surface area contributed by atoms with Gasteiger partial charge in [0, 0.05) is 5.92 Å². The summed E-state index contributed by atoms with van der Waals surface area (Å²) in [6.07, 6.45) is -0.218. The molecule has 0 unspecified atom stereocenters. The fourth-order valence-electron chi connectivity index (χ4n) is 2.78. The SMILES string of the molecule is CCOC(=O)C[C@@H](c1ccc(OC)cc1)[C@H](C#N)S(=O)(=O)c1ccccc1. The molecule has 0 amide bonds. The van der Waals surface area contributed by atoms with Gasteiger partial charge in [-0.2, -0.15) is 5.26 Å². The van der Waals surface area contributed by atoms with E-state index in [9.17, 15) is 18.5 Å². The van der Waals surface area contributed by atoms with Gasteiger partial charge in [0.25, 0.3) is 0 Å². The van der Waals surface area contributed by atoms with Crippen molar-refractivity contribution in [2.75, 3.05) is 13.7 Å².